The fraction of sp³-hybridized carbons (Fsp3) is 0.400. The third-order valence-corrected chi connectivity index (χ3v) is 3.75. The predicted octanol–water partition coefficient (Wildman–Crippen LogP) is 2.00. The lowest BCUT2D eigenvalue weighted by molar-refractivity contribution is 0.492. The molecule has 0 heterocycles. The van der Waals surface area contributed by atoms with Crippen molar-refractivity contribution < 1.29 is 8.42 Å². The number of hydrogen-bond acceptors (Lipinski definition) is 3. The number of rotatable bonds is 2. The lowest BCUT2D eigenvalue weighted by Crippen LogP contribution is -2.40. The van der Waals surface area contributed by atoms with Gasteiger partial charge in [0.2, 0.25) is 10.0 Å². The average Bonchev–Trinajstić information content (AvgIpc) is 2.04. The second-order valence-electron chi connectivity index (χ2n) is 4.54. The summed E-state index contributed by atoms with van der Waals surface area (Å²) < 4.78 is 26.5. The van der Waals surface area contributed by atoms with Gasteiger partial charge in [0.05, 0.1) is 5.69 Å². The van der Waals surface area contributed by atoms with Gasteiger partial charge in [0, 0.05) is 10.6 Å². The summed E-state index contributed by atoms with van der Waals surface area (Å²) in [5.41, 5.74) is 5.24. The van der Waals surface area contributed by atoms with Crippen LogP contribution in [0, 0.1) is 0 Å². The van der Waals surface area contributed by atoms with Crippen LogP contribution in [-0.2, 0) is 10.0 Å². The smallest absolute Gasteiger partial charge is 0.243 e. The highest BCUT2D eigenvalue weighted by molar-refractivity contribution is 7.89. The molecule has 3 N–H and O–H groups in total. The van der Waals surface area contributed by atoms with E-state index in [1.807, 2.05) is 0 Å². The molecule has 16 heavy (non-hydrogen) atoms. The molecule has 0 amide bonds. The third-order valence-electron chi connectivity index (χ3n) is 1.71. The lowest BCUT2D eigenvalue weighted by atomic mass is 10.1. The van der Waals surface area contributed by atoms with Gasteiger partial charge in [-0.1, -0.05) is 11.6 Å². The van der Waals surface area contributed by atoms with E-state index in [2.05, 4.69) is 4.72 Å². The summed E-state index contributed by atoms with van der Waals surface area (Å²) >= 11 is 5.75. The van der Waals surface area contributed by atoms with Gasteiger partial charge < -0.3 is 5.73 Å². The maximum Gasteiger partial charge on any atom is 0.243 e. The van der Waals surface area contributed by atoms with E-state index in [-0.39, 0.29) is 10.6 Å². The van der Waals surface area contributed by atoms with E-state index in [1.165, 1.54) is 12.1 Å². The van der Waals surface area contributed by atoms with Crippen molar-refractivity contribution in [1.29, 1.82) is 0 Å². The van der Waals surface area contributed by atoms with Gasteiger partial charge in [0.25, 0.3) is 0 Å². The summed E-state index contributed by atoms with van der Waals surface area (Å²) in [6.07, 6.45) is 0. The molecule has 0 fully saturated rings. The van der Waals surface area contributed by atoms with Gasteiger partial charge in [-0.15, -0.1) is 0 Å². The van der Waals surface area contributed by atoms with Crippen LogP contribution in [0.1, 0.15) is 20.8 Å². The second-order valence-corrected chi connectivity index (χ2v) is 6.62. The Morgan fingerprint density at radius 1 is 1.31 bits per heavy atom. The molecule has 1 rings (SSSR count). The van der Waals surface area contributed by atoms with E-state index < -0.39 is 15.6 Å². The summed E-state index contributed by atoms with van der Waals surface area (Å²) in [6.45, 7) is 5.27. The monoisotopic (exact) mass is 262 g/mol. The van der Waals surface area contributed by atoms with E-state index in [0.29, 0.717) is 5.02 Å². The maximum atomic E-state index is 12.0. The Morgan fingerprint density at radius 3 is 2.38 bits per heavy atom. The molecule has 1 aromatic rings. The minimum absolute atomic E-state index is 0.00919. The van der Waals surface area contributed by atoms with Crippen LogP contribution in [0.15, 0.2) is 23.1 Å². The quantitative estimate of drug-likeness (QED) is 0.801. The molecule has 0 saturated heterocycles. The zero-order valence-corrected chi connectivity index (χ0v) is 11.0. The molecule has 0 aliphatic heterocycles. The van der Waals surface area contributed by atoms with Gasteiger partial charge in [-0.2, -0.15) is 0 Å². The molecule has 0 bridgehead atoms. The first kappa shape index (κ1) is 13.3. The Kier molecular flexibility index (Phi) is 3.52. The first-order valence-corrected chi connectivity index (χ1v) is 6.57. The number of nitrogens with two attached hydrogens (primary N) is 1. The van der Waals surface area contributed by atoms with Crippen molar-refractivity contribution in [3.8, 4) is 0 Å². The minimum Gasteiger partial charge on any atom is -0.398 e. The molecule has 0 aliphatic carbocycles. The fourth-order valence-electron chi connectivity index (χ4n) is 1.20. The van der Waals surface area contributed by atoms with Crippen LogP contribution in [-0.4, -0.2) is 14.0 Å². The number of sulfonamides is 1. The van der Waals surface area contributed by atoms with E-state index >= 15 is 0 Å². The standard InChI is InChI=1S/C10H15ClN2O2S/c1-10(2,3)13-16(14,15)9-6-7(11)4-5-8(9)12/h4-6,13H,12H2,1-3H3. The fourth-order valence-corrected chi connectivity index (χ4v) is 3.01. The Labute approximate surface area is 101 Å². The highest BCUT2D eigenvalue weighted by Crippen LogP contribution is 2.23. The van der Waals surface area contributed by atoms with Crippen molar-refractivity contribution in [3.63, 3.8) is 0 Å². The number of nitrogen functional groups attached to an aromatic ring is 1. The number of benzene rings is 1. The molecule has 0 saturated carbocycles. The molecule has 0 aliphatic rings. The third kappa shape index (κ3) is 3.37. The molecule has 0 aromatic heterocycles. The largest absolute Gasteiger partial charge is 0.398 e. The number of halogens is 1. The Bertz CT molecular complexity index is 492. The molecule has 90 valence electrons. The molecular weight excluding hydrogens is 248 g/mol. The van der Waals surface area contributed by atoms with Crippen LogP contribution in [0.2, 0.25) is 5.02 Å². The van der Waals surface area contributed by atoms with Gasteiger partial charge >= 0.3 is 0 Å². The van der Waals surface area contributed by atoms with E-state index in [1.54, 1.807) is 26.8 Å². The van der Waals surface area contributed by atoms with Crippen molar-refractivity contribution in [2.45, 2.75) is 31.2 Å². The van der Waals surface area contributed by atoms with E-state index in [0.717, 1.165) is 0 Å². The average molecular weight is 263 g/mol. The number of nitrogens with one attached hydrogen (secondary N) is 1. The highest BCUT2D eigenvalue weighted by Gasteiger charge is 2.24. The van der Waals surface area contributed by atoms with Gasteiger partial charge in [0.15, 0.2) is 0 Å². The number of hydrogen-bond donors (Lipinski definition) is 2. The summed E-state index contributed by atoms with van der Waals surface area (Å²) in [7, 11) is -3.63. The topological polar surface area (TPSA) is 72.2 Å². The van der Waals surface area contributed by atoms with Crippen LogP contribution in [0.4, 0.5) is 5.69 Å². The molecule has 0 radical (unpaired) electrons. The zero-order chi connectivity index (χ0) is 12.6. The molecular formula is C10H15ClN2O2S. The van der Waals surface area contributed by atoms with Crippen LogP contribution < -0.4 is 10.5 Å². The maximum absolute atomic E-state index is 12.0. The van der Waals surface area contributed by atoms with Gasteiger partial charge in [-0.05, 0) is 39.0 Å². The Balaban J connectivity index is 3.22. The zero-order valence-electron chi connectivity index (χ0n) is 9.41. The number of anilines is 1. The van der Waals surface area contributed by atoms with Crippen molar-refractivity contribution >= 4 is 27.3 Å². The molecule has 0 spiro atoms. The summed E-state index contributed by atoms with van der Waals surface area (Å²) in [5, 5.41) is 0.337. The van der Waals surface area contributed by atoms with Crippen molar-refractivity contribution in [2.24, 2.45) is 0 Å². The van der Waals surface area contributed by atoms with Gasteiger partial charge in [-0.25, -0.2) is 13.1 Å². The molecule has 1 aromatic carbocycles. The Hall–Kier alpha value is -0.780. The first-order valence-electron chi connectivity index (χ1n) is 4.71. The van der Waals surface area contributed by atoms with Crippen molar-refractivity contribution in [2.75, 3.05) is 5.73 Å². The normalized spacial score (nSPS) is 12.8. The first-order chi connectivity index (χ1) is 7.12. The minimum atomic E-state index is -3.63. The van der Waals surface area contributed by atoms with Crippen LogP contribution in [0.5, 0.6) is 0 Å². The lowest BCUT2D eigenvalue weighted by Gasteiger charge is -2.21. The Morgan fingerprint density at radius 2 is 1.88 bits per heavy atom. The van der Waals surface area contributed by atoms with Crippen LogP contribution in [0.3, 0.4) is 0 Å². The molecule has 4 nitrogen and oxygen atoms in total. The molecule has 0 atom stereocenters. The summed E-state index contributed by atoms with van der Waals surface area (Å²) in [6, 6.07) is 4.36. The second kappa shape index (κ2) is 4.24. The summed E-state index contributed by atoms with van der Waals surface area (Å²) in [5.74, 6) is 0. The summed E-state index contributed by atoms with van der Waals surface area (Å²) in [4.78, 5) is 0.00919. The van der Waals surface area contributed by atoms with Crippen LogP contribution in [0.25, 0.3) is 0 Å². The highest BCUT2D eigenvalue weighted by atomic mass is 35.5. The molecule has 0 unspecified atom stereocenters. The van der Waals surface area contributed by atoms with Crippen molar-refractivity contribution in [1.82, 2.24) is 4.72 Å². The van der Waals surface area contributed by atoms with E-state index in [9.17, 15) is 8.42 Å². The molecule has 6 heteroatoms. The predicted molar refractivity (Wildman–Crippen MR) is 65.9 cm³/mol. The van der Waals surface area contributed by atoms with E-state index in [4.69, 9.17) is 17.3 Å². The van der Waals surface area contributed by atoms with Crippen LogP contribution >= 0.6 is 11.6 Å². The van der Waals surface area contributed by atoms with Gasteiger partial charge in [0.1, 0.15) is 4.90 Å². The van der Waals surface area contributed by atoms with Crippen molar-refractivity contribution in [3.05, 3.63) is 23.2 Å². The SMILES string of the molecule is CC(C)(C)NS(=O)(=O)c1cc(Cl)ccc1N. The van der Waals surface area contributed by atoms with Gasteiger partial charge in [-0.3, -0.25) is 0 Å².